The molecule has 0 radical (unpaired) electrons. The van der Waals surface area contributed by atoms with E-state index in [9.17, 15) is 9.18 Å². The smallest absolute Gasteiger partial charge is 0.326 e. The molecule has 1 unspecified atom stereocenters. The number of anilines is 1. The SMILES string of the molecule is CC1=C(c2nc(-c3ccc(F)cc3)no2)C(c2ccccc2)NC(=O)N1c1cccc(C)c1. The normalized spacial score (nSPS) is 16.2. The number of allylic oxidation sites excluding steroid dienone is 1. The average Bonchev–Trinajstić information content (AvgIpc) is 3.29. The number of carbonyl (C=O) groups excluding carboxylic acids is 1. The van der Waals surface area contributed by atoms with Gasteiger partial charge in [0.15, 0.2) is 0 Å². The number of hydrogen-bond acceptors (Lipinski definition) is 4. The van der Waals surface area contributed by atoms with Gasteiger partial charge in [-0.15, -0.1) is 0 Å². The van der Waals surface area contributed by atoms with Crippen LogP contribution < -0.4 is 10.2 Å². The van der Waals surface area contributed by atoms with Crippen molar-refractivity contribution >= 4 is 17.3 Å². The van der Waals surface area contributed by atoms with Crippen LogP contribution in [0.5, 0.6) is 0 Å². The number of amides is 2. The molecule has 0 aliphatic carbocycles. The maximum Gasteiger partial charge on any atom is 0.326 e. The number of nitrogens with one attached hydrogen (secondary N) is 1. The van der Waals surface area contributed by atoms with Crippen molar-refractivity contribution in [1.29, 1.82) is 0 Å². The second-order valence-corrected chi connectivity index (χ2v) is 7.90. The van der Waals surface area contributed by atoms with E-state index in [0.29, 0.717) is 28.5 Å². The lowest BCUT2D eigenvalue weighted by atomic mass is 9.94. The molecule has 1 atom stereocenters. The van der Waals surface area contributed by atoms with Gasteiger partial charge in [-0.1, -0.05) is 47.6 Å². The predicted octanol–water partition coefficient (Wildman–Crippen LogP) is 5.89. The Labute approximate surface area is 190 Å². The van der Waals surface area contributed by atoms with Crippen LogP contribution in [0.25, 0.3) is 17.0 Å². The Kier molecular flexibility index (Phi) is 5.22. The summed E-state index contributed by atoms with van der Waals surface area (Å²) in [6.07, 6.45) is 0. The van der Waals surface area contributed by atoms with E-state index in [2.05, 4.69) is 15.5 Å². The van der Waals surface area contributed by atoms with Crippen LogP contribution in [0.1, 0.15) is 30.0 Å². The van der Waals surface area contributed by atoms with E-state index in [1.54, 1.807) is 17.0 Å². The van der Waals surface area contributed by atoms with Crippen LogP contribution in [-0.4, -0.2) is 16.2 Å². The molecule has 5 rings (SSSR count). The van der Waals surface area contributed by atoms with E-state index in [4.69, 9.17) is 4.52 Å². The zero-order valence-corrected chi connectivity index (χ0v) is 18.1. The van der Waals surface area contributed by atoms with Crippen LogP contribution in [-0.2, 0) is 0 Å². The van der Waals surface area contributed by atoms with E-state index in [0.717, 1.165) is 16.8 Å². The summed E-state index contributed by atoms with van der Waals surface area (Å²) in [4.78, 5) is 19.4. The monoisotopic (exact) mass is 440 g/mol. The highest BCUT2D eigenvalue weighted by Gasteiger charge is 2.36. The Balaban J connectivity index is 1.65. The topological polar surface area (TPSA) is 71.3 Å². The van der Waals surface area contributed by atoms with Gasteiger partial charge in [-0.25, -0.2) is 9.18 Å². The van der Waals surface area contributed by atoms with Crippen LogP contribution in [0.3, 0.4) is 0 Å². The largest absolute Gasteiger partial charge is 0.334 e. The lowest BCUT2D eigenvalue weighted by molar-refractivity contribution is 0.244. The maximum absolute atomic E-state index is 13.3. The highest BCUT2D eigenvalue weighted by Crippen LogP contribution is 2.39. The van der Waals surface area contributed by atoms with Gasteiger partial charge in [-0.3, -0.25) is 4.90 Å². The summed E-state index contributed by atoms with van der Waals surface area (Å²) in [5.74, 6) is 0.295. The van der Waals surface area contributed by atoms with E-state index >= 15 is 0 Å². The molecule has 6 nitrogen and oxygen atoms in total. The first-order valence-electron chi connectivity index (χ1n) is 10.5. The molecule has 3 aromatic carbocycles. The first-order chi connectivity index (χ1) is 16.0. The standard InChI is InChI=1S/C26H21FN4O2/c1-16-7-6-10-21(15-16)31-17(2)22(23(28-26(31)32)18-8-4-3-5-9-18)25-29-24(30-33-25)19-11-13-20(27)14-12-19/h3-15,23H,1-2H3,(H,28,32). The van der Waals surface area contributed by atoms with Crippen LogP contribution in [0.4, 0.5) is 14.9 Å². The number of carbonyl (C=O) groups is 1. The lowest BCUT2D eigenvalue weighted by Gasteiger charge is -2.35. The number of hydrogen-bond donors (Lipinski definition) is 1. The van der Waals surface area contributed by atoms with Gasteiger partial charge in [0.1, 0.15) is 5.82 Å². The molecular formula is C26H21FN4O2. The fourth-order valence-corrected chi connectivity index (χ4v) is 4.04. The third-order valence-electron chi connectivity index (χ3n) is 5.64. The highest BCUT2D eigenvalue weighted by atomic mass is 19.1. The summed E-state index contributed by atoms with van der Waals surface area (Å²) >= 11 is 0. The van der Waals surface area contributed by atoms with Gasteiger partial charge in [-0.05, 0) is 61.4 Å². The minimum atomic E-state index is -0.471. The highest BCUT2D eigenvalue weighted by molar-refractivity contribution is 6.01. The molecule has 33 heavy (non-hydrogen) atoms. The van der Waals surface area contributed by atoms with Crippen molar-refractivity contribution in [2.45, 2.75) is 19.9 Å². The average molecular weight is 440 g/mol. The zero-order valence-electron chi connectivity index (χ0n) is 18.1. The first-order valence-corrected chi connectivity index (χ1v) is 10.5. The molecule has 4 aromatic rings. The van der Waals surface area contributed by atoms with Crippen LogP contribution in [0.2, 0.25) is 0 Å². The van der Waals surface area contributed by atoms with Gasteiger partial charge >= 0.3 is 6.03 Å². The lowest BCUT2D eigenvalue weighted by Crippen LogP contribution is -2.46. The minimum Gasteiger partial charge on any atom is -0.334 e. The van der Waals surface area contributed by atoms with Gasteiger partial charge in [0.25, 0.3) is 5.89 Å². The maximum atomic E-state index is 13.3. The molecule has 1 aliphatic rings. The summed E-state index contributed by atoms with van der Waals surface area (Å²) in [7, 11) is 0. The van der Waals surface area contributed by atoms with Crippen molar-refractivity contribution in [3.63, 3.8) is 0 Å². The third-order valence-corrected chi connectivity index (χ3v) is 5.64. The molecule has 0 saturated heterocycles. The molecule has 1 aromatic heterocycles. The second kappa shape index (κ2) is 8.35. The zero-order chi connectivity index (χ0) is 22.9. The molecular weight excluding hydrogens is 419 g/mol. The van der Waals surface area contributed by atoms with E-state index in [1.165, 1.54) is 12.1 Å². The quantitative estimate of drug-likeness (QED) is 0.430. The van der Waals surface area contributed by atoms with Gasteiger partial charge in [0, 0.05) is 11.3 Å². The number of nitrogens with zero attached hydrogens (tertiary/aromatic N) is 3. The summed E-state index contributed by atoms with van der Waals surface area (Å²) in [6, 6.07) is 22.5. The van der Waals surface area contributed by atoms with Crippen LogP contribution in [0, 0.1) is 12.7 Å². The van der Waals surface area contributed by atoms with Crippen molar-refractivity contribution in [3.8, 4) is 11.4 Å². The van der Waals surface area contributed by atoms with Gasteiger partial charge in [0.2, 0.25) is 5.82 Å². The van der Waals surface area contributed by atoms with Crippen molar-refractivity contribution in [2.24, 2.45) is 0 Å². The van der Waals surface area contributed by atoms with E-state index in [-0.39, 0.29) is 11.8 Å². The van der Waals surface area contributed by atoms with Crippen LogP contribution in [0.15, 0.2) is 89.1 Å². The number of benzene rings is 3. The number of halogens is 1. The summed E-state index contributed by atoms with van der Waals surface area (Å²) < 4.78 is 19.0. The number of rotatable bonds is 4. The molecule has 164 valence electrons. The Hall–Kier alpha value is -4.26. The number of urea groups is 1. The predicted molar refractivity (Wildman–Crippen MR) is 124 cm³/mol. The van der Waals surface area contributed by atoms with Crippen molar-refractivity contribution in [1.82, 2.24) is 15.5 Å². The molecule has 0 saturated carbocycles. The molecule has 0 spiro atoms. The van der Waals surface area contributed by atoms with Crippen molar-refractivity contribution in [2.75, 3.05) is 4.90 Å². The Morgan fingerprint density at radius 1 is 0.970 bits per heavy atom. The van der Waals surface area contributed by atoms with Crippen molar-refractivity contribution < 1.29 is 13.7 Å². The van der Waals surface area contributed by atoms with E-state index < -0.39 is 6.04 Å². The molecule has 0 bridgehead atoms. The summed E-state index contributed by atoms with van der Waals surface area (Å²) in [5, 5.41) is 7.20. The third kappa shape index (κ3) is 3.89. The Bertz CT molecular complexity index is 1350. The molecule has 7 heteroatoms. The van der Waals surface area contributed by atoms with Gasteiger partial charge in [-0.2, -0.15) is 4.98 Å². The Morgan fingerprint density at radius 3 is 2.45 bits per heavy atom. The fourth-order valence-electron chi connectivity index (χ4n) is 4.04. The first kappa shape index (κ1) is 20.6. The number of aromatic nitrogens is 2. The Morgan fingerprint density at radius 2 is 1.73 bits per heavy atom. The van der Waals surface area contributed by atoms with Gasteiger partial charge in [0.05, 0.1) is 17.3 Å². The summed E-state index contributed by atoms with van der Waals surface area (Å²) in [5.41, 5.74) is 4.70. The fraction of sp³-hybridized carbons (Fsp3) is 0.115. The second-order valence-electron chi connectivity index (χ2n) is 7.90. The van der Waals surface area contributed by atoms with Crippen molar-refractivity contribution in [3.05, 3.63) is 107 Å². The molecule has 0 fully saturated rings. The minimum absolute atomic E-state index is 0.242. The summed E-state index contributed by atoms with van der Waals surface area (Å²) in [6.45, 7) is 3.85. The molecule has 2 heterocycles. The van der Waals surface area contributed by atoms with Crippen LogP contribution >= 0.6 is 0 Å². The molecule has 1 aliphatic heterocycles. The molecule has 2 amide bonds. The van der Waals surface area contributed by atoms with E-state index in [1.807, 2.05) is 68.4 Å². The number of aryl methyl sites for hydroxylation is 1. The molecule has 1 N–H and O–H groups in total. The van der Waals surface area contributed by atoms with Gasteiger partial charge < -0.3 is 9.84 Å².